The summed E-state index contributed by atoms with van der Waals surface area (Å²) in [6, 6.07) is 0. The number of hydrogen-bond donors (Lipinski definition) is 2. The summed E-state index contributed by atoms with van der Waals surface area (Å²) in [5.41, 5.74) is 9.31. The maximum atomic E-state index is 9.59. The van der Waals surface area contributed by atoms with Gasteiger partial charge < -0.3 is 11.5 Å². The lowest BCUT2D eigenvalue weighted by atomic mass is 10.5. The molecule has 0 aliphatic heterocycles. The molecule has 0 saturated heterocycles. The molecule has 0 bridgehead atoms. The summed E-state index contributed by atoms with van der Waals surface area (Å²) in [5.74, 6) is -0.491. The summed E-state index contributed by atoms with van der Waals surface area (Å²) in [7, 11) is 0. The van der Waals surface area contributed by atoms with Crippen molar-refractivity contribution in [3.63, 3.8) is 0 Å². The van der Waals surface area contributed by atoms with Crippen molar-refractivity contribution in [2.24, 2.45) is 11.5 Å². The minimum atomic E-state index is -0.245. The van der Waals surface area contributed by atoms with Crippen molar-refractivity contribution in [2.75, 3.05) is 0 Å². The summed E-state index contributed by atoms with van der Waals surface area (Å²) in [4.78, 5) is 19.2. The molecule has 4 nitrogen and oxygen atoms in total. The molecular weight excluding hydrogens is 132 g/mol. The van der Waals surface area contributed by atoms with Crippen LogP contribution >= 0.6 is 0 Å². The van der Waals surface area contributed by atoms with Crippen LogP contribution in [0, 0.1) is 0 Å². The van der Waals surface area contributed by atoms with Gasteiger partial charge in [0, 0.05) is 12.8 Å². The molecule has 0 atom stereocenters. The van der Waals surface area contributed by atoms with E-state index in [1.165, 1.54) is 0 Å². The third-order valence-electron chi connectivity index (χ3n) is 0.697. The lowest BCUT2D eigenvalue weighted by molar-refractivity contribution is -0.118. The van der Waals surface area contributed by atoms with Crippen LogP contribution in [0.25, 0.3) is 0 Å². The Kier molecular flexibility index (Phi) is 9.29. The van der Waals surface area contributed by atoms with Crippen LogP contribution in [-0.4, -0.2) is 11.8 Å². The molecule has 0 aromatic heterocycles. The highest BCUT2D eigenvalue weighted by Gasteiger charge is 1.77. The Labute approximate surface area is 60.6 Å². The molecule has 0 radical (unpaired) electrons. The van der Waals surface area contributed by atoms with Gasteiger partial charge in [-0.1, -0.05) is 13.8 Å². The monoisotopic (exact) mass is 146 g/mol. The summed E-state index contributed by atoms with van der Waals surface area (Å²) >= 11 is 0. The second kappa shape index (κ2) is 7.94. The Morgan fingerprint density at radius 2 is 1.10 bits per heavy atom. The fourth-order valence-electron chi connectivity index (χ4n) is 0. The van der Waals surface area contributed by atoms with Crippen molar-refractivity contribution < 1.29 is 9.59 Å². The molecule has 0 rings (SSSR count). The van der Waals surface area contributed by atoms with E-state index in [0.717, 1.165) is 0 Å². The van der Waals surface area contributed by atoms with Crippen LogP contribution in [0.5, 0.6) is 0 Å². The molecular formula is C6H14N2O2. The minimum Gasteiger partial charge on any atom is -0.370 e. The standard InChI is InChI=1S/2C3H7NO/c2*1-2-3(4)5/h2*2H2,1H3,(H2,4,5). The number of hydrogen-bond acceptors (Lipinski definition) is 2. The lowest BCUT2D eigenvalue weighted by Crippen LogP contribution is -2.06. The number of carbonyl (C=O) groups is 2. The topological polar surface area (TPSA) is 86.2 Å². The molecule has 0 heterocycles. The molecule has 0 aliphatic rings. The second-order valence-corrected chi connectivity index (χ2v) is 1.64. The van der Waals surface area contributed by atoms with Gasteiger partial charge in [-0.25, -0.2) is 0 Å². The van der Waals surface area contributed by atoms with Crippen molar-refractivity contribution in [1.29, 1.82) is 0 Å². The number of rotatable bonds is 2. The van der Waals surface area contributed by atoms with Crippen molar-refractivity contribution >= 4 is 11.8 Å². The normalized spacial score (nSPS) is 7.40. The van der Waals surface area contributed by atoms with Crippen LogP contribution in [0.15, 0.2) is 0 Å². The van der Waals surface area contributed by atoms with E-state index in [1.54, 1.807) is 13.8 Å². The summed E-state index contributed by atoms with van der Waals surface area (Å²) in [6.45, 7) is 3.45. The van der Waals surface area contributed by atoms with E-state index in [9.17, 15) is 9.59 Å². The average Bonchev–Trinajstić information content (AvgIpc) is 1.89. The third kappa shape index (κ3) is 28.3. The maximum Gasteiger partial charge on any atom is 0.217 e. The van der Waals surface area contributed by atoms with Gasteiger partial charge in [0.25, 0.3) is 0 Å². The first-order chi connectivity index (χ1) is 4.54. The number of nitrogens with two attached hydrogens (primary N) is 2. The molecule has 0 aromatic rings. The van der Waals surface area contributed by atoms with Gasteiger partial charge in [-0.05, 0) is 0 Å². The van der Waals surface area contributed by atoms with Crippen molar-refractivity contribution in [2.45, 2.75) is 26.7 Å². The van der Waals surface area contributed by atoms with E-state index in [1.807, 2.05) is 0 Å². The molecule has 0 aliphatic carbocycles. The fraction of sp³-hybridized carbons (Fsp3) is 0.667. The highest BCUT2D eigenvalue weighted by molar-refractivity contribution is 5.73. The average molecular weight is 146 g/mol. The maximum absolute atomic E-state index is 9.59. The zero-order chi connectivity index (χ0) is 8.57. The van der Waals surface area contributed by atoms with E-state index in [2.05, 4.69) is 11.5 Å². The van der Waals surface area contributed by atoms with Gasteiger partial charge in [0.1, 0.15) is 0 Å². The zero-order valence-electron chi connectivity index (χ0n) is 6.39. The quantitative estimate of drug-likeness (QED) is 0.563. The third-order valence-corrected chi connectivity index (χ3v) is 0.697. The number of primary amides is 2. The molecule has 4 heteroatoms. The number of carbonyl (C=O) groups excluding carboxylic acids is 2. The Hall–Kier alpha value is -1.06. The van der Waals surface area contributed by atoms with Crippen LogP contribution in [0.2, 0.25) is 0 Å². The van der Waals surface area contributed by atoms with E-state index in [4.69, 9.17) is 0 Å². The van der Waals surface area contributed by atoms with Gasteiger partial charge in [-0.3, -0.25) is 9.59 Å². The molecule has 4 N–H and O–H groups in total. The second-order valence-electron chi connectivity index (χ2n) is 1.64. The predicted molar refractivity (Wildman–Crippen MR) is 39.0 cm³/mol. The Balaban J connectivity index is 0. The van der Waals surface area contributed by atoms with Crippen molar-refractivity contribution in [1.82, 2.24) is 0 Å². The van der Waals surface area contributed by atoms with Gasteiger partial charge in [0.15, 0.2) is 0 Å². The minimum absolute atomic E-state index is 0.245. The van der Waals surface area contributed by atoms with Crippen LogP contribution in [-0.2, 0) is 9.59 Å². The molecule has 0 saturated carbocycles. The highest BCUT2D eigenvalue weighted by Crippen LogP contribution is 1.63. The van der Waals surface area contributed by atoms with Gasteiger partial charge in [0.2, 0.25) is 11.8 Å². The molecule has 10 heavy (non-hydrogen) atoms. The smallest absolute Gasteiger partial charge is 0.217 e. The van der Waals surface area contributed by atoms with Crippen LogP contribution < -0.4 is 11.5 Å². The fourth-order valence-corrected chi connectivity index (χ4v) is 0. The van der Waals surface area contributed by atoms with Crippen LogP contribution in [0.4, 0.5) is 0 Å². The van der Waals surface area contributed by atoms with E-state index in [0.29, 0.717) is 12.8 Å². The molecule has 0 spiro atoms. The van der Waals surface area contributed by atoms with Crippen molar-refractivity contribution in [3.05, 3.63) is 0 Å². The van der Waals surface area contributed by atoms with Crippen LogP contribution in [0.3, 0.4) is 0 Å². The van der Waals surface area contributed by atoms with Gasteiger partial charge in [-0.2, -0.15) is 0 Å². The van der Waals surface area contributed by atoms with E-state index in [-0.39, 0.29) is 11.8 Å². The first-order valence-electron chi connectivity index (χ1n) is 3.11. The molecule has 0 unspecified atom stereocenters. The molecule has 0 aromatic carbocycles. The number of amides is 2. The Morgan fingerprint density at radius 1 is 1.00 bits per heavy atom. The van der Waals surface area contributed by atoms with Gasteiger partial charge in [-0.15, -0.1) is 0 Å². The summed E-state index contributed by atoms with van der Waals surface area (Å²) in [5, 5.41) is 0. The molecule has 0 fully saturated rings. The van der Waals surface area contributed by atoms with Gasteiger partial charge >= 0.3 is 0 Å². The first kappa shape index (κ1) is 11.7. The van der Waals surface area contributed by atoms with Gasteiger partial charge in [0.05, 0.1) is 0 Å². The Morgan fingerprint density at radius 3 is 1.10 bits per heavy atom. The molecule has 60 valence electrons. The zero-order valence-corrected chi connectivity index (χ0v) is 6.39. The van der Waals surface area contributed by atoms with Crippen LogP contribution in [0.1, 0.15) is 26.7 Å². The highest BCUT2D eigenvalue weighted by atomic mass is 16.1. The SMILES string of the molecule is CCC(N)=O.CCC(N)=O. The Bertz CT molecular complexity index is 98.3. The first-order valence-corrected chi connectivity index (χ1v) is 3.11. The van der Waals surface area contributed by atoms with E-state index >= 15 is 0 Å². The largest absolute Gasteiger partial charge is 0.370 e. The summed E-state index contributed by atoms with van der Waals surface area (Å²) < 4.78 is 0. The van der Waals surface area contributed by atoms with Crippen molar-refractivity contribution in [3.8, 4) is 0 Å². The van der Waals surface area contributed by atoms with E-state index < -0.39 is 0 Å². The lowest BCUT2D eigenvalue weighted by Gasteiger charge is -1.73. The summed E-state index contributed by atoms with van der Waals surface area (Å²) in [6.07, 6.45) is 0.889. The predicted octanol–water partition coefficient (Wildman–Crippen LogP) is -0.237. The molecule has 2 amide bonds.